The minimum atomic E-state index is -0.641. The molecule has 6 heteroatoms. The van der Waals surface area contributed by atoms with Gasteiger partial charge in [0.25, 0.3) is 5.91 Å². The van der Waals surface area contributed by atoms with Crippen molar-refractivity contribution in [3.63, 3.8) is 0 Å². The van der Waals surface area contributed by atoms with Gasteiger partial charge in [-0.1, -0.05) is 45.2 Å². The second kappa shape index (κ2) is 6.94. The molecular weight excluding hydrogens is 284 g/mol. The molecule has 122 valence electrons. The fourth-order valence-electron chi connectivity index (χ4n) is 2.45. The third-order valence-electron chi connectivity index (χ3n) is 3.76. The molecule has 0 unspecified atom stereocenters. The number of nitrogens with one attached hydrogen (secondary N) is 1. The first kappa shape index (κ1) is 16.5. The molecule has 1 heterocycles. The Hall–Kier alpha value is -1.85. The summed E-state index contributed by atoms with van der Waals surface area (Å²) in [4.78, 5) is 23.6. The molecular formula is C16H24N2O4. The van der Waals surface area contributed by atoms with Crippen molar-refractivity contribution in [3.8, 4) is 0 Å². The van der Waals surface area contributed by atoms with Gasteiger partial charge in [-0.25, -0.2) is 4.79 Å². The molecule has 1 aliphatic rings. The Morgan fingerprint density at radius 2 is 2.00 bits per heavy atom. The van der Waals surface area contributed by atoms with Crippen molar-refractivity contribution in [2.24, 2.45) is 0 Å². The average Bonchev–Trinajstić information content (AvgIpc) is 2.96. The molecule has 22 heavy (non-hydrogen) atoms. The van der Waals surface area contributed by atoms with Gasteiger partial charge in [0.1, 0.15) is 5.76 Å². The van der Waals surface area contributed by atoms with Gasteiger partial charge in [-0.15, -0.1) is 0 Å². The van der Waals surface area contributed by atoms with Crippen LogP contribution in [0.2, 0.25) is 0 Å². The normalized spacial score (nSPS) is 16.3. The van der Waals surface area contributed by atoms with Crippen molar-refractivity contribution >= 4 is 11.9 Å². The fraction of sp³-hybridized carbons (Fsp3) is 0.688. The lowest BCUT2D eigenvalue weighted by molar-refractivity contribution is -0.125. The summed E-state index contributed by atoms with van der Waals surface area (Å²) in [5, 5.41) is 6.59. The van der Waals surface area contributed by atoms with Crippen LogP contribution in [0, 0.1) is 0 Å². The quantitative estimate of drug-likeness (QED) is 0.865. The molecule has 2 rings (SSSR count). The second-order valence-electron chi connectivity index (χ2n) is 6.80. The highest BCUT2D eigenvalue weighted by Crippen LogP contribution is 2.22. The van der Waals surface area contributed by atoms with E-state index >= 15 is 0 Å². The largest absolute Gasteiger partial charge is 0.451 e. The summed E-state index contributed by atoms with van der Waals surface area (Å²) < 4.78 is 10.1. The van der Waals surface area contributed by atoms with Crippen molar-refractivity contribution in [3.05, 3.63) is 17.5 Å². The summed E-state index contributed by atoms with van der Waals surface area (Å²) >= 11 is 0. The lowest BCUT2D eigenvalue weighted by Crippen LogP contribution is -2.38. The first-order valence-electron chi connectivity index (χ1n) is 7.80. The number of aromatic nitrogens is 1. The third-order valence-corrected chi connectivity index (χ3v) is 3.76. The van der Waals surface area contributed by atoms with Crippen LogP contribution < -0.4 is 5.32 Å². The van der Waals surface area contributed by atoms with Crippen LogP contribution in [0.5, 0.6) is 0 Å². The predicted octanol–water partition coefficient (Wildman–Crippen LogP) is 2.58. The molecule has 1 fully saturated rings. The highest BCUT2D eigenvalue weighted by atomic mass is 16.5. The van der Waals surface area contributed by atoms with E-state index in [1.165, 1.54) is 6.42 Å². The Balaban J connectivity index is 1.79. The standard InChI is InChI=1S/C16H24N2O4/c1-16(2,3)13-9-12(18-22-13)15(20)21-10-14(19)17-11-7-5-4-6-8-11/h9,11H,4-8,10H2,1-3H3,(H,17,19). The highest BCUT2D eigenvalue weighted by Gasteiger charge is 2.23. The van der Waals surface area contributed by atoms with Crippen LogP contribution in [0.3, 0.4) is 0 Å². The number of nitrogens with zero attached hydrogens (tertiary/aromatic N) is 1. The van der Waals surface area contributed by atoms with Gasteiger partial charge in [-0.2, -0.15) is 0 Å². The van der Waals surface area contributed by atoms with Gasteiger partial charge in [0.05, 0.1) is 0 Å². The monoisotopic (exact) mass is 308 g/mol. The molecule has 1 aliphatic carbocycles. The maximum Gasteiger partial charge on any atom is 0.361 e. The Kier molecular flexibility index (Phi) is 5.21. The molecule has 1 N–H and O–H groups in total. The minimum absolute atomic E-state index is 0.0930. The number of rotatable bonds is 4. The van der Waals surface area contributed by atoms with Gasteiger partial charge >= 0.3 is 5.97 Å². The Bertz CT molecular complexity index is 524. The molecule has 0 saturated heterocycles. The van der Waals surface area contributed by atoms with Crippen LogP contribution in [-0.2, 0) is 14.9 Å². The average molecular weight is 308 g/mol. The van der Waals surface area contributed by atoms with Gasteiger partial charge in [0, 0.05) is 17.5 Å². The van der Waals surface area contributed by atoms with Crippen molar-refractivity contribution in [2.45, 2.75) is 64.3 Å². The smallest absolute Gasteiger partial charge is 0.361 e. The maximum absolute atomic E-state index is 11.9. The Labute approximate surface area is 130 Å². The number of carbonyl (C=O) groups excluding carboxylic acids is 2. The summed E-state index contributed by atoms with van der Waals surface area (Å²) in [5.41, 5.74) is -0.139. The topological polar surface area (TPSA) is 81.4 Å². The van der Waals surface area contributed by atoms with Gasteiger partial charge in [-0.05, 0) is 12.8 Å². The molecule has 1 amide bonds. The molecule has 0 aromatic carbocycles. The summed E-state index contributed by atoms with van der Waals surface area (Å²) in [6, 6.07) is 1.76. The molecule has 0 bridgehead atoms. The van der Waals surface area contributed by atoms with Crippen LogP contribution >= 0.6 is 0 Å². The summed E-state index contributed by atoms with van der Waals surface area (Å²) in [5.74, 6) is -0.302. The molecule has 0 atom stereocenters. The molecule has 1 aromatic heterocycles. The molecule has 1 saturated carbocycles. The lowest BCUT2D eigenvalue weighted by Gasteiger charge is -2.22. The van der Waals surface area contributed by atoms with Gasteiger partial charge in [-0.3, -0.25) is 4.79 Å². The molecule has 1 aromatic rings. The van der Waals surface area contributed by atoms with Crippen LogP contribution in [-0.4, -0.2) is 29.7 Å². The van der Waals surface area contributed by atoms with Crippen molar-refractivity contribution in [2.75, 3.05) is 6.61 Å². The molecule has 0 radical (unpaired) electrons. The zero-order valence-corrected chi connectivity index (χ0v) is 13.5. The van der Waals surface area contributed by atoms with Crippen LogP contribution in [0.15, 0.2) is 10.6 Å². The SMILES string of the molecule is CC(C)(C)c1cc(C(=O)OCC(=O)NC2CCCCC2)no1. The van der Waals surface area contributed by atoms with E-state index in [2.05, 4.69) is 10.5 Å². The van der Waals surface area contributed by atoms with Crippen LogP contribution in [0.1, 0.15) is 69.1 Å². The lowest BCUT2D eigenvalue weighted by atomic mass is 9.93. The number of hydrogen-bond acceptors (Lipinski definition) is 5. The number of hydrogen-bond donors (Lipinski definition) is 1. The van der Waals surface area contributed by atoms with Crippen molar-refractivity contribution in [1.82, 2.24) is 10.5 Å². The van der Waals surface area contributed by atoms with Gasteiger partial charge in [0.2, 0.25) is 0 Å². The second-order valence-corrected chi connectivity index (χ2v) is 6.80. The predicted molar refractivity (Wildman–Crippen MR) is 80.5 cm³/mol. The number of esters is 1. The van der Waals surface area contributed by atoms with Gasteiger partial charge < -0.3 is 14.6 Å². The third kappa shape index (κ3) is 4.58. The van der Waals surface area contributed by atoms with E-state index in [-0.39, 0.29) is 29.7 Å². The summed E-state index contributed by atoms with van der Waals surface area (Å²) in [7, 11) is 0. The van der Waals surface area contributed by atoms with E-state index in [1.54, 1.807) is 6.07 Å². The highest BCUT2D eigenvalue weighted by molar-refractivity contribution is 5.89. The van der Waals surface area contributed by atoms with E-state index in [4.69, 9.17) is 9.26 Å². The van der Waals surface area contributed by atoms with E-state index < -0.39 is 5.97 Å². The van der Waals surface area contributed by atoms with Crippen LogP contribution in [0.4, 0.5) is 0 Å². The molecule has 6 nitrogen and oxygen atoms in total. The zero-order valence-electron chi connectivity index (χ0n) is 13.5. The Morgan fingerprint density at radius 3 is 2.59 bits per heavy atom. The molecule has 0 aliphatic heterocycles. The number of ether oxygens (including phenoxy) is 1. The first-order valence-corrected chi connectivity index (χ1v) is 7.80. The molecule has 0 spiro atoms. The van der Waals surface area contributed by atoms with Crippen LogP contribution in [0.25, 0.3) is 0 Å². The maximum atomic E-state index is 11.9. The zero-order chi connectivity index (χ0) is 16.2. The summed E-state index contributed by atoms with van der Waals surface area (Å²) in [6.45, 7) is 5.59. The summed E-state index contributed by atoms with van der Waals surface area (Å²) in [6.07, 6.45) is 5.50. The number of amides is 1. The van der Waals surface area contributed by atoms with E-state index in [1.807, 2.05) is 20.8 Å². The van der Waals surface area contributed by atoms with E-state index in [0.29, 0.717) is 5.76 Å². The number of carbonyl (C=O) groups is 2. The van der Waals surface area contributed by atoms with Crippen molar-refractivity contribution < 1.29 is 18.8 Å². The Morgan fingerprint density at radius 1 is 1.32 bits per heavy atom. The van der Waals surface area contributed by atoms with E-state index in [9.17, 15) is 9.59 Å². The first-order chi connectivity index (χ1) is 10.4. The fourth-order valence-corrected chi connectivity index (χ4v) is 2.45. The minimum Gasteiger partial charge on any atom is -0.451 e. The van der Waals surface area contributed by atoms with E-state index in [0.717, 1.165) is 25.7 Å². The van der Waals surface area contributed by atoms with Crippen molar-refractivity contribution in [1.29, 1.82) is 0 Å². The van der Waals surface area contributed by atoms with Gasteiger partial charge in [0.15, 0.2) is 12.3 Å².